The zero-order chi connectivity index (χ0) is 16.0. The summed E-state index contributed by atoms with van der Waals surface area (Å²) in [5, 5.41) is 0. The number of hydrogen-bond acceptors (Lipinski definition) is 4. The molecule has 1 unspecified atom stereocenters. The maximum Gasteiger partial charge on any atom is 0.333 e. The molecule has 118 valence electrons. The fourth-order valence-corrected chi connectivity index (χ4v) is 3.23. The predicted molar refractivity (Wildman–Crippen MR) is 83.8 cm³/mol. The van der Waals surface area contributed by atoms with Crippen molar-refractivity contribution < 1.29 is 9.53 Å². The highest BCUT2D eigenvalue weighted by Gasteiger charge is 2.29. The van der Waals surface area contributed by atoms with Gasteiger partial charge in [0.15, 0.2) is 0 Å². The molecule has 0 aliphatic heterocycles. The number of nitrogens with zero attached hydrogens (tertiary/aromatic N) is 2. The summed E-state index contributed by atoms with van der Waals surface area (Å²) in [6.45, 7) is 0. The lowest BCUT2D eigenvalue weighted by atomic mass is 9.89. The highest BCUT2D eigenvalue weighted by Crippen LogP contribution is 2.25. The molecular formula is C16H16N4O3. The van der Waals surface area contributed by atoms with Crippen molar-refractivity contribution in [3.8, 4) is 5.75 Å². The van der Waals surface area contributed by atoms with E-state index in [2.05, 4.69) is 15.0 Å². The number of imidazole rings is 2. The van der Waals surface area contributed by atoms with Crippen LogP contribution in [-0.2, 0) is 12.8 Å². The van der Waals surface area contributed by atoms with Crippen molar-refractivity contribution in [3.63, 3.8) is 0 Å². The summed E-state index contributed by atoms with van der Waals surface area (Å²) in [4.78, 5) is 35.1. The van der Waals surface area contributed by atoms with Gasteiger partial charge in [-0.05, 0) is 25.0 Å². The molecule has 0 amide bonds. The van der Waals surface area contributed by atoms with Crippen LogP contribution in [0.5, 0.6) is 5.75 Å². The van der Waals surface area contributed by atoms with Crippen molar-refractivity contribution in [3.05, 3.63) is 46.4 Å². The van der Waals surface area contributed by atoms with Crippen LogP contribution >= 0.6 is 0 Å². The number of rotatable bonds is 2. The highest BCUT2D eigenvalue weighted by atomic mass is 16.5. The number of methoxy groups -OCH3 is 1. The van der Waals surface area contributed by atoms with Crippen molar-refractivity contribution in [1.82, 2.24) is 19.5 Å². The Balaban J connectivity index is 1.73. The van der Waals surface area contributed by atoms with E-state index >= 15 is 0 Å². The number of fused-ring (bicyclic) bond motifs is 2. The van der Waals surface area contributed by atoms with Gasteiger partial charge in [-0.3, -0.25) is 4.79 Å². The summed E-state index contributed by atoms with van der Waals surface area (Å²) in [5.41, 5.74) is 2.78. The Bertz CT molecular complexity index is 950. The Kier molecular flexibility index (Phi) is 3.07. The number of benzene rings is 1. The van der Waals surface area contributed by atoms with Gasteiger partial charge in [0.1, 0.15) is 5.75 Å². The van der Waals surface area contributed by atoms with Crippen LogP contribution < -0.4 is 10.4 Å². The van der Waals surface area contributed by atoms with Crippen LogP contribution in [0.3, 0.4) is 0 Å². The van der Waals surface area contributed by atoms with Gasteiger partial charge in [0.05, 0.1) is 30.2 Å². The minimum absolute atomic E-state index is 0.174. The normalized spacial score (nSPS) is 17.2. The third kappa shape index (κ3) is 2.16. The number of H-pyrrole nitrogens is 2. The van der Waals surface area contributed by atoms with Crippen LogP contribution in [0.4, 0.5) is 0 Å². The van der Waals surface area contributed by atoms with Crippen LogP contribution in [0.15, 0.2) is 29.3 Å². The first kappa shape index (κ1) is 13.8. The molecule has 1 atom stereocenters. The molecule has 1 aliphatic carbocycles. The molecule has 3 aromatic rings. The molecule has 2 aromatic heterocycles. The standard InChI is InChI=1S/C16H16N4O3/c1-23-10-3-5-14-13(7-10)19-16(22)20(14)15(21)9-2-4-11-12(6-9)18-8-17-11/h3,5,7-9H,2,4,6H2,1H3,(H,17,18)(H,19,22). The van der Waals surface area contributed by atoms with Crippen molar-refractivity contribution in [2.75, 3.05) is 7.11 Å². The van der Waals surface area contributed by atoms with Crippen LogP contribution in [0, 0.1) is 5.92 Å². The van der Waals surface area contributed by atoms with Crippen LogP contribution in [0.2, 0.25) is 0 Å². The van der Waals surface area contributed by atoms with Gasteiger partial charge in [0, 0.05) is 24.1 Å². The van der Waals surface area contributed by atoms with E-state index in [0.29, 0.717) is 29.6 Å². The number of aryl methyl sites for hydroxylation is 1. The van der Waals surface area contributed by atoms with Crippen molar-refractivity contribution in [1.29, 1.82) is 0 Å². The molecule has 0 bridgehead atoms. The summed E-state index contributed by atoms with van der Waals surface area (Å²) in [6.07, 6.45) is 3.69. The second kappa shape index (κ2) is 5.12. The number of ether oxygens (including phenoxy) is 1. The van der Waals surface area contributed by atoms with Crippen molar-refractivity contribution in [2.45, 2.75) is 19.3 Å². The summed E-state index contributed by atoms with van der Waals surface area (Å²) in [7, 11) is 1.56. The number of carbonyl (C=O) groups is 1. The monoisotopic (exact) mass is 312 g/mol. The van der Waals surface area contributed by atoms with Crippen molar-refractivity contribution in [2.24, 2.45) is 5.92 Å². The maximum atomic E-state index is 12.9. The zero-order valence-corrected chi connectivity index (χ0v) is 12.6. The number of nitrogens with one attached hydrogen (secondary N) is 2. The summed E-state index contributed by atoms with van der Waals surface area (Å²) < 4.78 is 6.39. The second-order valence-corrected chi connectivity index (χ2v) is 5.75. The average molecular weight is 312 g/mol. The molecule has 2 heterocycles. The van der Waals surface area contributed by atoms with Gasteiger partial charge >= 0.3 is 5.69 Å². The zero-order valence-electron chi connectivity index (χ0n) is 12.6. The lowest BCUT2D eigenvalue weighted by Crippen LogP contribution is -2.33. The van der Waals surface area contributed by atoms with E-state index in [1.165, 1.54) is 4.57 Å². The van der Waals surface area contributed by atoms with Gasteiger partial charge in [0.25, 0.3) is 0 Å². The third-order valence-corrected chi connectivity index (χ3v) is 4.45. The Morgan fingerprint density at radius 3 is 3.13 bits per heavy atom. The Hall–Kier alpha value is -2.83. The molecular weight excluding hydrogens is 296 g/mol. The third-order valence-electron chi connectivity index (χ3n) is 4.45. The number of carbonyl (C=O) groups excluding carboxylic acids is 1. The molecule has 0 saturated heterocycles. The number of hydrogen-bond donors (Lipinski definition) is 2. The summed E-state index contributed by atoms with van der Waals surface area (Å²) in [6, 6.07) is 5.19. The molecule has 1 aromatic carbocycles. The van der Waals surface area contributed by atoms with E-state index < -0.39 is 5.69 Å². The minimum atomic E-state index is -0.409. The smallest absolute Gasteiger partial charge is 0.333 e. The SMILES string of the molecule is COc1ccc2c(c1)[nH]c(=O)n2C(=O)C1CCc2nc[nH]c2C1. The van der Waals surface area contributed by atoms with Gasteiger partial charge in [0.2, 0.25) is 5.91 Å². The fraction of sp³-hybridized carbons (Fsp3) is 0.312. The molecule has 4 rings (SSSR count). The topological polar surface area (TPSA) is 92.8 Å². The van der Waals surface area contributed by atoms with Crippen LogP contribution in [0.25, 0.3) is 11.0 Å². The van der Waals surface area contributed by atoms with E-state index in [1.54, 1.807) is 31.6 Å². The fourth-order valence-electron chi connectivity index (χ4n) is 3.23. The van der Waals surface area contributed by atoms with E-state index in [0.717, 1.165) is 17.8 Å². The lowest BCUT2D eigenvalue weighted by molar-refractivity contribution is 0.0822. The van der Waals surface area contributed by atoms with Crippen molar-refractivity contribution >= 4 is 16.9 Å². The van der Waals surface area contributed by atoms with Crippen LogP contribution in [0.1, 0.15) is 22.6 Å². The molecule has 0 saturated carbocycles. The van der Waals surface area contributed by atoms with Gasteiger partial charge < -0.3 is 14.7 Å². The maximum absolute atomic E-state index is 12.9. The number of aromatic amines is 2. The first-order valence-corrected chi connectivity index (χ1v) is 7.51. The Morgan fingerprint density at radius 2 is 2.30 bits per heavy atom. The molecule has 2 N–H and O–H groups in total. The molecule has 23 heavy (non-hydrogen) atoms. The van der Waals surface area contributed by atoms with Gasteiger partial charge in [-0.15, -0.1) is 0 Å². The lowest BCUT2D eigenvalue weighted by Gasteiger charge is -2.20. The molecule has 7 heteroatoms. The van der Waals surface area contributed by atoms with Gasteiger partial charge in [-0.2, -0.15) is 0 Å². The Labute approximate surface area is 131 Å². The van der Waals surface area contributed by atoms with Crippen LogP contribution in [-0.4, -0.2) is 32.5 Å². The summed E-state index contributed by atoms with van der Waals surface area (Å²) in [5.74, 6) is 0.242. The minimum Gasteiger partial charge on any atom is -0.497 e. The van der Waals surface area contributed by atoms with E-state index in [4.69, 9.17) is 4.74 Å². The first-order valence-electron chi connectivity index (χ1n) is 7.51. The van der Waals surface area contributed by atoms with Gasteiger partial charge in [-0.1, -0.05) is 0 Å². The van der Waals surface area contributed by atoms with E-state index in [1.807, 2.05) is 0 Å². The molecule has 0 radical (unpaired) electrons. The number of aromatic nitrogens is 4. The molecule has 0 fully saturated rings. The Morgan fingerprint density at radius 1 is 1.43 bits per heavy atom. The quantitative estimate of drug-likeness (QED) is 0.750. The van der Waals surface area contributed by atoms with E-state index in [9.17, 15) is 9.59 Å². The largest absolute Gasteiger partial charge is 0.497 e. The van der Waals surface area contributed by atoms with E-state index in [-0.39, 0.29) is 11.8 Å². The molecule has 0 spiro atoms. The predicted octanol–water partition coefficient (Wildman–Crippen LogP) is 1.51. The second-order valence-electron chi connectivity index (χ2n) is 5.75. The first-order chi connectivity index (χ1) is 11.2. The molecule has 7 nitrogen and oxygen atoms in total. The van der Waals surface area contributed by atoms with Gasteiger partial charge in [-0.25, -0.2) is 14.3 Å². The average Bonchev–Trinajstić information content (AvgIpc) is 3.15. The highest BCUT2D eigenvalue weighted by molar-refractivity contribution is 5.92. The molecule has 1 aliphatic rings. The summed E-state index contributed by atoms with van der Waals surface area (Å²) >= 11 is 0.